The van der Waals surface area contributed by atoms with Gasteiger partial charge in [-0.25, -0.2) is 9.67 Å². The van der Waals surface area contributed by atoms with Crippen molar-refractivity contribution in [2.24, 2.45) is 0 Å². The van der Waals surface area contributed by atoms with Crippen molar-refractivity contribution in [1.29, 1.82) is 0 Å². The van der Waals surface area contributed by atoms with Crippen molar-refractivity contribution < 1.29 is 5.11 Å². The molecule has 0 aliphatic heterocycles. The highest BCUT2D eigenvalue weighted by atomic mass is 16.3. The van der Waals surface area contributed by atoms with Gasteiger partial charge in [-0.3, -0.25) is 4.68 Å². The Morgan fingerprint density at radius 2 is 2.20 bits per heavy atom. The van der Waals surface area contributed by atoms with Gasteiger partial charge in [0.1, 0.15) is 18.7 Å². The highest BCUT2D eigenvalue weighted by Gasteiger charge is 2.08. The Labute approximate surface area is 87.2 Å². The smallest absolute Gasteiger partial charge is 0.153 e. The molecule has 80 valence electrons. The molecule has 0 atom stereocenters. The fourth-order valence-electron chi connectivity index (χ4n) is 1.40. The topological polar surface area (TPSA) is 68.8 Å². The Balaban J connectivity index is 2.20. The van der Waals surface area contributed by atoms with Crippen LogP contribution in [0.3, 0.4) is 0 Å². The maximum atomic E-state index is 9.13. The molecule has 2 aromatic heterocycles. The van der Waals surface area contributed by atoms with Gasteiger partial charge in [-0.2, -0.15) is 10.2 Å². The van der Waals surface area contributed by atoms with E-state index in [0.717, 1.165) is 5.82 Å². The molecule has 0 bridgehead atoms. The fraction of sp³-hybridized carbons (Fsp3) is 0.444. The van der Waals surface area contributed by atoms with E-state index in [2.05, 4.69) is 15.2 Å². The zero-order valence-corrected chi connectivity index (χ0v) is 8.70. The summed E-state index contributed by atoms with van der Waals surface area (Å²) in [5, 5.41) is 17.2. The van der Waals surface area contributed by atoms with Crippen molar-refractivity contribution in [2.75, 3.05) is 0 Å². The molecule has 0 amide bonds. The summed E-state index contributed by atoms with van der Waals surface area (Å²) < 4.78 is 3.46. The molecule has 0 radical (unpaired) electrons. The second kappa shape index (κ2) is 3.72. The van der Waals surface area contributed by atoms with E-state index in [-0.39, 0.29) is 11.8 Å². The van der Waals surface area contributed by atoms with Crippen LogP contribution < -0.4 is 0 Å². The molecule has 1 N–H and O–H groups in total. The minimum Gasteiger partial charge on any atom is -0.505 e. The maximum Gasteiger partial charge on any atom is 0.153 e. The lowest BCUT2D eigenvalue weighted by Gasteiger charge is -2.08. The predicted molar refractivity (Wildman–Crippen MR) is 53.4 cm³/mol. The summed E-state index contributed by atoms with van der Waals surface area (Å²) in [5.41, 5.74) is 0. The highest BCUT2D eigenvalue weighted by Crippen LogP contribution is 2.09. The van der Waals surface area contributed by atoms with E-state index in [1.807, 2.05) is 18.5 Å². The van der Waals surface area contributed by atoms with Gasteiger partial charge in [0.15, 0.2) is 5.75 Å². The van der Waals surface area contributed by atoms with Gasteiger partial charge in [0, 0.05) is 6.04 Å². The maximum absolute atomic E-state index is 9.13. The third kappa shape index (κ3) is 1.98. The monoisotopic (exact) mass is 207 g/mol. The molecule has 15 heavy (non-hydrogen) atoms. The first-order valence-corrected chi connectivity index (χ1v) is 4.76. The molecule has 6 heteroatoms. The molecule has 0 fully saturated rings. The number of hydrogen-bond donors (Lipinski definition) is 1. The molecule has 0 aliphatic carbocycles. The number of aromatic nitrogens is 5. The number of rotatable bonds is 3. The van der Waals surface area contributed by atoms with E-state index in [1.165, 1.54) is 12.5 Å². The van der Waals surface area contributed by atoms with Gasteiger partial charge in [0.05, 0.1) is 12.4 Å². The summed E-state index contributed by atoms with van der Waals surface area (Å²) in [5.74, 6) is 0.985. The number of aromatic hydroxyl groups is 1. The van der Waals surface area contributed by atoms with Crippen molar-refractivity contribution in [3.63, 3.8) is 0 Å². The van der Waals surface area contributed by atoms with Crippen LogP contribution in [0.2, 0.25) is 0 Å². The third-order valence-corrected chi connectivity index (χ3v) is 2.06. The van der Waals surface area contributed by atoms with E-state index < -0.39 is 0 Å². The first-order chi connectivity index (χ1) is 7.16. The van der Waals surface area contributed by atoms with Crippen molar-refractivity contribution in [2.45, 2.75) is 26.4 Å². The van der Waals surface area contributed by atoms with Crippen LogP contribution in [0, 0.1) is 0 Å². The summed E-state index contributed by atoms with van der Waals surface area (Å²) >= 11 is 0. The Hall–Kier alpha value is -1.85. The Bertz CT molecular complexity index is 445. The van der Waals surface area contributed by atoms with Crippen LogP contribution >= 0.6 is 0 Å². The normalized spacial score (nSPS) is 11.1. The van der Waals surface area contributed by atoms with Crippen LogP contribution in [-0.4, -0.2) is 29.7 Å². The zero-order valence-electron chi connectivity index (χ0n) is 8.70. The molecule has 0 aromatic carbocycles. The second-order valence-corrected chi connectivity index (χ2v) is 3.61. The minimum absolute atomic E-state index is 0.158. The van der Waals surface area contributed by atoms with Gasteiger partial charge in [-0.1, -0.05) is 0 Å². The standard InChI is InChI=1S/C9H13N5O/c1-7(2)14-9(10-6-12-14)5-13-4-8(15)3-11-13/h3-4,6-7,15H,5H2,1-2H3. The molecule has 0 saturated carbocycles. The van der Waals surface area contributed by atoms with E-state index in [1.54, 1.807) is 10.9 Å². The molecule has 2 heterocycles. The van der Waals surface area contributed by atoms with Crippen LogP contribution in [0.1, 0.15) is 25.7 Å². The van der Waals surface area contributed by atoms with E-state index >= 15 is 0 Å². The fourth-order valence-corrected chi connectivity index (χ4v) is 1.40. The van der Waals surface area contributed by atoms with Gasteiger partial charge in [-0.15, -0.1) is 0 Å². The first kappa shape index (κ1) is 9.70. The summed E-state index contributed by atoms with van der Waals surface area (Å²) in [6.07, 6.45) is 4.48. The Morgan fingerprint density at radius 1 is 1.40 bits per heavy atom. The Kier molecular flexibility index (Phi) is 2.40. The molecule has 0 saturated heterocycles. The highest BCUT2D eigenvalue weighted by molar-refractivity contribution is 5.09. The van der Waals surface area contributed by atoms with Crippen LogP contribution in [0.5, 0.6) is 5.75 Å². The van der Waals surface area contributed by atoms with Crippen LogP contribution in [-0.2, 0) is 6.54 Å². The van der Waals surface area contributed by atoms with Gasteiger partial charge < -0.3 is 5.11 Å². The van der Waals surface area contributed by atoms with Crippen molar-refractivity contribution >= 4 is 0 Å². The predicted octanol–water partition coefficient (Wildman–Crippen LogP) is 0.809. The van der Waals surface area contributed by atoms with Gasteiger partial charge in [0.25, 0.3) is 0 Å². The lowest BCUT2D eigenvalue weighted by Crippen LogP contribution is -2.12. The number of hydrogen-bond acceptors (Lipinski definition) is 4. The van der Waals surface area contributed by atoms with Crippen LogP contribution in [0.4, 0.5) is 0 Å². The van der Waals surface area contributed by atoms with Gasteiger partial charge in [-0.05, 0) is 13.8 Å². The molecular formula is C9H13N5O. The summed E-state index contributed by atoms with van der Waals surface area (Å²) in [6, 6.07) is 0.270. The van der Waals surface area contributed by atoms with Gasteiger partial charge >= 0.3 is 0 Å². The van der Waals surface area contributed by atoms with Crippen LogP contribution in [0.25, 0.3) is 0 Å². The lowest BCUT2D eigenvalue weighted by molar-refractivity contribution is 0.471. The average molecular weight is 207 g/mol. The summed E-state index contributed by atoms with van der Waals surface area (Å²) in [6.45, 7) is 4.59. The number of nitrogens with zero attached hydrogens (tertiary/aromatic N) is 5. The molecular weight excluding hydrogens is 194 g/mol. The van der Waals surface area contributed by atoms with Crippen molar-refractivity contribution in [3.05, 3.63) is 24.5 Å². The molecule has 0 aliphatic rings. The third-order valence-electron chi connectivity index (χ3n) is 2.06. The summed E-state index contributed by atoms with van der Waals surface area (Å²) in [7, 11) is 0. The molecule has 0 spiro atoms. The SMILES string of the molecule is CC(C)n1ncnc1Cn1cc(O)cn1. The van der Waals surface area contributed by atoms with Crippen molar-refractivity contribution in [3.8, 4) is 5.75 Å². The van der Waals surface area contributed by atoms with E-state index in [0.29, 0.717) is 6.54 Å². The van der Waals surface area contributed by atoms with E-state index in [4.69, 9.17) is 5.11 Å². The van der Waals surface area contributed by atoms with E-state index in [9.17, 15) is 0 Å². The Morgan fingerprint density at radius 3 is 2.80 bits per heavy atom. The molecule has 0 unspecified atom stereocenters. The largest absolute Gasteiger partial charge is 0.505 e. The molecule has 6 nitrogen and oxygen atoms in total. The first-order valence-electron chi connectivity index (χ1n) is 4.76. The van der Waals surface area contributed by atoms with Crippen molar-refractivity contribution in [1.82, 2.24) is 24.5 Å². The zero-order chi connectivity index (χ0) is 10.8. The second-order valence-electron chi connectivity index (χ2n) is 3.61. The molecule has 2 rings (SSSR count). The molecule has 2 aromatic rings. The lowest BCUT2D eigenvalue weighted by atomic mass is 10.4. The van der Waals surface area contributed by atoms with Crippen LogP contribution in [0.15, 0.2) is 18.7 Å². The average Bonchev–Trinajstić information content (AvgIpc) is 2.75. The quantitative estimate of drug-likeness (QED) is 0.808. The minimum atomic E-state index is 0.158. The van der Waals surface area contributed by atoms with Gasteiger partial charge in [0.2, 0.25) is 0 Å². The summed E-state index contributed by atoms with van der Waals surface area (Å²) in [4.78, 5) is 4.15.